The molecule has 94 valence electrons. The third kappa shape index (κ3) is 3.47. The third-order valence-corrected chi connectivity index (χ3v) is 3.72. The molecule has 1 unspecified atom stereocenters. The van der Waals surface area contributed by atoms with E-state index in [1.54, 1.807) is 11.1 Å². The van der Waals surface area contributed by atoms with Crippen LogP contribution in [0.3, 0.4) is 0 Å². The lowest BCUT2D eigenvalue weighted by atomic mass is 9.91. The first kappa shape index (κ1) is 12.4. The van der Waals surface area contributed by atoms with Crippen molar-refractivity contribution in [1.29, 1.82) is 0 Å². The maximum Gasteiger partial charge on any atom is 0.0343 e. The molecular formula is C15H24N2. The summed E-state index contributed by atoms with van der Waals surface area (Å²) in [5.41, 5.74) is 9.99. The molecule has 17 heavy (non-hydrogen) atoms. The standard InChI is InChI=1S/C15H24N2/c1-12(11-16)8-9-17-15-7-6-13-4-2-3-5-14(13)10-15/h6-7,10,12,17H,2-5,8-9,11,16H2,1H3. The van der Waals surface area contributed by atoms with E-state index in [0.29, 0.717) is 5.92 Å². The fourth-order valence-electron chi connectivity index (χ4n) is 2.42. The maximum absolute atomic E-state index is 5.61. The highest BCUT2D eigenvalue weighted by molar-refractivity contribution is 5.49. The van der Waals surface area contributed by atoms with Crippen LogP contribution in [0.1, 0.15) is 37.3 Å². The summed E-state index contributed by atoms with van der Waals surface area (Å²) in [6.45, 7) is 4.01. The van der Waals surface area contributed by atoms with E-state index in [1.807, 2.05) is 0 Å². The first-order valence-electron chi connectivity index (χ1n) is 6.85. The van der Waals surface area contributed by atoms with Crippen LogP contribution >= 0.6 is 0 Å². The summed E-state index contributed by atoms with van der Waals surface area (Å²) in [4.78, 5) is 0. The van der Waals surface area contributed by atoms with Gasteiger partial charge in [-0.1, -0.05) is 13.0 Å². The van der Waals surface area contributed by atoms with Crippen LogP contribution in [-0.2, 0) is 12.8 Å². The molecule has 3 N–H and O–H groups in total. The smallest absolute Gasteiger partial charge is 0.0343 e. The zero-order valence-corrected chi connectivity index (χ0v) is 10.8. The van der Waals surface area contributed by atoms with Crippen LogP contribution in [0.15, 0.2) is 18.2 Å². The van der Waals surface area contributed by atoms with Gasteiger partial charge in [0.05, 0.1) is 0 Å². The van der Waals surface area contributed by atoms with E-state index < -0.39 is 0 Å². The third-order valence-electron chi connectivity index (χ3n) is 3.72. The van der Waals surface area contributed by atoms with E-state index in [1.165, 1.54) is 31.4 Å². The van der Waals surface area contributed by atoms with Crippen LogP contribution in [0, 0.1) is 5.92 Å². The highest BCUT2D eigenvalue weighted by atomic mass is 14.9. The van der Waals surface area contributed by atoms with Gasteiger partial charge in [-0.25, -0.2) is 0 Å². The highest BCUT2D eigenvalue weighted by Crippen LogP contribution is 2.24. The van der Waals surface area contributed by atoms with Crippen molar-refractivity contribution < 1.29 is 0 Å². The van der Waals surface area contributed by atoms with Crippen LogP contribution in [0.4, 0.5) is 5.69 Å². The molecule has 2 nitrogen and oxygen atoms in total. The molecule has 0 radical (unpaired) electrons. The van der Waals surface area contributed by atoms with Crippen molar-refractivity contribution in [3.63, 3.8) is 0 Å². The van der Waals surface area contributed by atoms with Gasteiger partial charge in [-0.2, -0.15) is 0 Å². The lowest BCUT2D eigenvalue weighted by Crippen LogP contribution is -2.15. The molecule has 0 bridgehead atoms. The van der Waals surface area contributed by atoms with E-state index in [4.69, 9.17) is 5.73 Å². The number of nitrogens with one attached hydrogen (secondary N) is 1. The predicted molar refractivity (Wildman–Crippen MR) is 74.4 cm³/mol. The van der Waals surface area contributed by atoms with Crippen molar-refractivity contribution in [2.24, 2.45) is 11.7 Å². The SMILES string of the molecule is CC(CN)CCNc1ccc2c(c1)CCCC2. The minimum absolute atomic E-state index is 0.611. The summed E-state index contributed by atoms with van der Waals surface area (Å²) in [5.74, 6) is 0.611. The van der Waals surface area contributed by atoms with Crippen LogP contribution in [0.2, 0.25) is 0 Å². The summed E-state index contributed by atoms with van der Waals surface area (Å²) in [6.07, 6.45) is 6.37. The molecule has 2 rings (SSSR count). The van der Waals surface area contributed by atoms with Crippen LogP contribution in [-0.4, -0.2) is 13.1 Å². The van der Waals surface area contributed by atoms with Crippen molar-refractivity contribution in [2.45, 2.75) is 39.0 Å². The maximum atomic E-state index is 5.61. The summed E-state index contributed by atoms with van der Waals surface area (Å²) < 4.78 is 0. The van der Waals surface area contributed by atoms with Gasteiger partial charge in [0.2, 0.25) is 0 Å². The zero-order valence-electron chi connectivity index (χ0n) is 10.8. The quantitative estimate of drug-likeness (QED) is 0.819. The van der Waals surface area contributed by atoms with Crippen LogP contribution in [0.25, 0.3) is 0 Å². The first-order chi connectivity index (χ1) is 8.29. The van der Waals surface area contributed by atoms with Gasteiger partial charge >= 0.3 is 0 Å². The number of rotatable bonds is 5. The molecule has 0 aliphatic heterocycles. The Balaban J connectivity index is 1.89. The highest BCUT2D eigenvalue weighted by Gasteiger charge is 2.09. The minimum Gasteiger partial charge on any atom is -0.385 e. The second-order valence-electron chi connectivity index (χ2n) is 5.25. The normalized spacial score (nSPS) is 16.4. The zero-order chi connectivity index (χ0) is 12.1. The molecule has 0 saturated carbocycles. The average molecular weight is 232 g/mol. The molecule has 0 heterocycles. The summed E-state index contributed by atoms with van der Waals surface area (Å²) in [6, 6.07) is 6.85. The summed E-state index contributed by atoms with van der Waals surface area (Å²) >= 11 is 0. The van der Waals surface area contributed by atoms with Gasteiger partial charge < -0.3 is 11.1 Å². The van der Waals surface area contributed by atoms with Crippen molar-refractivity contribution in [3.8, 4) is 0 Å². The molecule has 1 aromatic rings. The van der Waals surface area contributed by atoms with Crippen molar-refractivity contribution >= 4 is 5.69 Å². The molecule has 0 aromatic heterocycles. The Kier molecular flexibility index (Phi) is 4.43. The number of nitrogens with two attached hydrogens (primary N) is 1. The first-order valence-corrected chi connectivity index (χ1v) is 6.85. The van der Waals surface area contributed by atoms with E-state index in [-0.39, 0.29) is 0 Å². The van der Waals surface area contributed by atoms with Gasteiger partial charge in [-0.15, -0.1) is 0 Å². The van der Waals surface area contributed by atoms with Crippen LogP contribution in [0.5, 0.6) is 0 Å². The van der Waals surface area contributed by atoms with E-state index in [0.717, 1.165) is 19.5 Å². The number of hydrogen-bond acceptors (Lipinski definition) is 2. The van der Waals surface area contributed by atoms with Gasteiger partial charge in [0, 0.05) is 12.2 Å². The van der Waals surface area contributed by atoms with E-state index >= 15 is 0 Å². The van der Waals surface area contributed by atoms with Crippen molar-refractivity contribution in [2.75, 3.05) is 18.4 Å². The van der Waals surface area contributed by atoms with Gasteiger partial charge in [0.1, 0.15) is 0 Å². The van der Waals surface area contributed by atoms with E-state index in [9.17, 15) is 0 Å². The second kappa shape index (κ2) is 6.06. The van der Waals surface area contributed by atoms with Gasteiger partial charge in [-0.3, -0.25) is 0 Å². The van der Waals surface area contributed by atoms with Gasteiger partial charge in [0.25, 0.3) is 0 Å². The molecule has 1 aliphatic carbocycles. The molecule has 0 fully saturated rings. The molecule has 0 spiro atoms. The van der Waals surface area contributed by atoms with Gasteiger partial charge in [-0.05, 0) is 67.8 Å². The number of hydrogen-bond donors (Lipinski definition) is 2. The fourth-order valence-corrected chi connectivity index (χ4v) is 2.42. The molecule has 1 aliphatic rings. The molecule has 0 saturated heterocycles. The number of anilines is 1. The van der Waals surface area contributed by atoms with Gasteiger partial charge in [0.15, 0.2) is 0 Å². The van der Waals surface area contributed by atoms with Crippen LogP contribution < -0.4 is 11.1 Å². The summed E-state index contributed by atoms with van der Waals surface area (Å²) in [5, 5.41) is 3.50. The average Bonchev–Trinajstić information content (AvgIpc) is 2.38. The topological polar surface area (TPSA) is 38.0 Å². The minimum atomic E-state index is 0.611. The van der Waals surface area contributed by atoms with Crippen molar-refractivity contribution in [3.05, 3.63) is 29.3 Å². The molecule has 0 amide bonds. The molecule has 2 heteroatoms. The monoisotopic (exact) mass is 232 g/mol. The fraction of sp³-hybridized carbons (Fsp3) is 0.600. The van der Waals surface area contributed by atoms with E-state index in [2.05, 4.69) is 30.4 Å². The Morgan fingerprint density at radius 3 is 2.76 bits per heavy atom. The summed E-state index contributed by atoms with van der Waals surface area (Å²) in [7, 11) is 0. The number of aryl methyl sites for hydroxylation is 2. The largest absolute Gasteiger partial charge is 0.385 e. The molecule has 1 atom stereocenters. The Morgan fingerprint density at radius 2 is 2.00 bits per heavy atom. The molecular weight excluding hydrogens is 208 g/mol. The van der Waals surface area contributed by atoms with Crippen molar-refractivity contribution in [1.82, 2.24) is 0 Å². The second-order valence-corrected chi connectivity index (χ2v) is 5.25. The molecule has 1 aromatic carbocycles. The number of fused-ring (bicyclic) bond motifs is 1. The Morgan fingerprint density at radius 1 is 1.24 bits per heavy atom. The Labute approximate surface area is 105 Å². The Bertz CT molecular complexity index is 360. The Hall–Kier alpha value is -1.02. The number of benzene rings is 1. The lowest BCUT2D eigenvalue weighted by molar-refractivity contribution is 0.561. The predicted octanol–water partition coefficient (Wildman–Crippen LogP) is 2.96. The lowest BCUT2D eigenvalue weighted by Gasteiger charge is -2.17.